The average molecular weight is 820 g/mol. The number of aryl methyl sites for hydroxylation is 1. The van der Waals surface area contributed by atoms with Gasteiger partial charge in [0.1, 0.15) is 19.4 Å². The summed E-state index contributed by atoms with van der Waals surface area (Å²) in [5.41, 5.74) is 7.69. The molecule has 3 aliphatic heterocycles. The topological polar surface area (TPSA) is 226 Å². The fourth-order valence-electron chi connectivity index (χ4n) is 7.81. The quantitative estimate of drug-likeness (QED) is 0.0489. The Morgan fingerprint density at radius 2 is 1.75 bits per heavy atom. The number of carbonyl (C=O) groups is 4. The van der Waals surface area contributed by atoms with E-state index in [9.17, 15) is 29.1 Å². The van der Waals surface area contributed by atoms with Gasteiger partial charge in [-0.2, -0.15) is 0 Å². The van der Waals surface area contributed by atoms with E-state index in [0.29, 0.717) is 54.1 Å². The highest BCUT2D eigenvalue weighted by Gasteiger charge is 2.45. The van der Waals surface area contributed by atoms with Crippen LogP contribution in [-0.4, -0.2) is 102 Å². The summed E-state index contributed by atoms with van der Waals surface area (Å²) in [5, 5.41) is 20.2. The summed E-state index contributed by atoms with van der Waals surface area (Å²) >= 11 is 0. The van der Waals surface area contributed by atoms with E-state index in [0.717, 1.165) is 42.6 Å². The molecule has 0 radical (unpaired) electrons. The predicted octanol–water partition coefficient (Wildman–Crippen LogP) is 1.93. The number of cyclic esters (lactones) is 1. The Balaban J connectivity index is 1.07. The third-order valence-corrected chi connectivity index (χ3v) is 11.6. The second-order valence-electron chi connectivity index (χ2n) is 15.6. The van der Waals surface area contributed by atoms with E-state index in [4.69, 9.17) is 29.7 Å². The van der Waals surface area contributed by atoms with Crippen LogP contribution in [-0.2, 0) is 53.8 Å². The van der Waals surface area contributed by atoms with E-state index in [-0.39, 0.29) is 68.9 Å². The minimum Gasteiger partial charge on any atom is -0.458 e. The summed E-state index contributed by atoms with van der Waals surface area (Å²) in [6, 6.07) is 3.78. The lowest BCUT2D eigenvalue weighted by atomic mass is 9.86. The molecule has 0 saturated heterocycles. The van der Waals surface area contributed by atoms with Crippen molar-refractivity contribution in [2.45, 2.75) is 104 Å². The van der Waals surface area contributed by atoms with Gasteiger partial charge in [0.05, 0.1) is 41.6 Å². The molecule has 0 unspecified atom stereocenters. The molecule has 0 aliphatic carbocycles. The Morgan fingerprint density at radius 3 is 2.46 bits per heavy atom. The molecular weight excluding hydrogens is 763 g/mol. The van der Waals surface area contributed by atoms with E-state index in [1.54, 1.807) is 23.6 Å². The van der Waals surface area contributed by atoms with Gasteiger partial charge >= 0.3 is 5.97 Å². The number of unbranched alkanes of at least 4 members (excludes halogenated alkanes) is 1. The lowest BCUT2D eigenvalue weighted by Crippen LogP contribution is -2.53. The summed E-state index contributed by atoms with van der Waals surface area (Å²) in [7, 11) is 0. The SMILES string of the molecule is CCN(CC)CCCC[C@H](NC(=O)[C@@H](N)C(C)C)C(=O)NCC(=O)NCOCCCc1c2c(nc3cc4c(cc13)OCO4)-c1cc3c(c(=O)n1C2)COC(=O)[C@]3(O)CC. The Kier molecular flexibility index (Phi) is 13.9. The van der Waals surface area contributed by atoms with Crippen LogP contribution >= 0.6 is 0 Å². The fourth-order valence-corrected chi connectivity index (χ4v) is 7.81. The van der Waals surface area contributed by atoms with Crippen molar-refractivity contribution < 1.29 is 43.2 Å². The molecule has 0 saturated carbocycles. The highest BCUT2D eigenvalue weighted by atomic mass is 16.7. The standard InChI is InChI=1S/C42H57N7O10/c1-6-42(55)29-17-32-37-27(20-49(32)40(53)28(29)21-57-41(42)54)25(26-16-33-34(59-23-58-33)18-31(26)46-37)12-11-15-56-22-45-35(50)19-44-38(51)30(47-39(52)36(43)24(4)5)13-9-10-14-48(7-2)8-3/h16-18,24,30,36,55H,6-15,19-23,43H2,1-5H3,(H,44,51)(H,45,50)(H,47,52)/t30-,36-,42-/m0/s1. The predicted molar refractivity (Wildman–Crippen MR) is 217 cm³/mol. The van der Waals surface area contributed by atoms with Gasteiger partial charge in [-0.05, 0) is 81.8 Å². The van der Waals surface area contributed by atoms with Crippen LogP contribution in [0.4, 0.5) is 0 Å². The number of pyridine rings is 2. The Morgan fingerprint density at radius 1 is 1.00 bits per heavy atom. The van der Waals surface area contributed by atoms with Crippen LogP contribution < -0.4 is 36.7 Å². The van der Waals surface area contributed by atoms with Crippen molar-refractivity contribution in [3.8, 4) is 22.9 Å². The maximum absolute atomic E-state index is 13.8. The molecule has 0 bridgehead atoms. The van der Waals surface area contributed by atoms with Gasteiger partial charge in [-0.15, -0.1) is 0 Å². The molecule has 320 valence electrons. The summed E-state index contributed by atoms with van der Waals surface area (Å²) in [4.78, 5) is 72.4. The molecule has 3 aromatic rings. The van der Waals surface area contributed by atoms with Crippen molar-refractivity contribution in [1.29, 1.82) is 0 Å². The van der Waals surface area contributed by atoms with E-state index >= 15 is 0 Å². The van der Waals surface area contributed by atoms with Gasteiger partial charge in [0, 0.05) is 29.2 Å². The molecule has 0 spiro atoms. The first-order valence-electron chi connectivity index (χ1n) is 20.6. The van der Waals surface area contributed by atoms with E-state index in [2.05, 4.69) is 34.7 Å². The molecule has 3 atom stereocenters. The molecule has 17 nitrogen and oxygen atoms in total. The molecule has 5 heterocycles. The Bertz CT molecular complexity index is 2130. The van der Waals surface area contributed by atoms with Crippen LogP contribution in [0.5, 0.6) is 11.5 Å². The first-order valence-corrected chi connectivity index (χ1v) is 20.6. The average Bonchev–Trinajstić information content (AvgIpc) is 3.85. The van der Waals surface area contributed by atoms with Crippen molar-refractivity contribution in [1.82, 2.24) is 30.4 Å². The maximum atomic E-state index is 13.8. The number of amides is 3. The van der Waals surface area contributed by atoms with Gasteiger partial charge in [0.15, 0.2) is 17.1 Å². The highest BCUT2D eigenvalue weighted by molar-refractivity contribution is 5.93. The van der Waals surface area contributed by atoms with Crippen molar-refractivity contribution >= 4 is 34.6 Å². The molecule has 0 fully saturated rings. The molecule has 2 aromatic heterocycles. The second kappa shape index (κ2) is 18.9. The van der Waals surface area contributed by atoms with E-state index in [1.807, 2.05) is 19.9 Å². The van der Waals surface area contributed by atoms with E-state index < -0.39 is 41.4 Å². The zero-order valence-corrected chi connectivity index (χ0v) is 34.6. The Labute approximate surface area is 343 Å². The van der Waals surface area contributed by atoms with Crippen LogP contribution in [0.25, 0.3) is 22.3 Å². The molecule has 6 rings (SSSR count). The zero-order valence-electron chi connectivity index (χ0n) is 34.6. The van der Waals surface area contributed by atoms with Gasteiger partial charge in [-0.25, -0.2) is 9.78 Å². The number of hydrogen-bond acceptors (Lipinski definition) is 13. The zero-order chi connectivity index (χ0) is 42.4. The van der Waals surface area contributed by atoms with E-state index in [1.165, 1.54) is 0 Å². The van der Waals surface area contributed by atoms with Crippen LogP contribution in [0.1, 0.15) is 89.0 Å². The van der Waals surface area contributed by atoms with Crippen LogP contribution in [0.15, 0.2) is 23.0 Å². The minimum atomic E-state index is -1.94. The summed E-state index contributed by atoms with van der Waals surface area (Å²) in [6.07, 6.45) is 3.09. The number of aromatic nitrogens is 2. The molecule has 6 N–H and O–H groups in total. The fraction of sp³-hybridized carbons (Fsp3) is 0.571. The lowest BCUT2D eigenvalue weighted by Gasteiger charge is -2.31. The third-order valence-electron chi connectivity index (χ3n) is 11.6. The van der Waals surface area contributed by atoms with Crippen LogP contribution in [0, 0.1) is 5.92 Å². The number of nitrogens with one attached hydrogen (secondary N) is 3. The van der Waals surface area contributed by atoms with Gasteiger partial charge < -0.3 is 55.2 Å². The molecular formula is C42H57N7O10. The van der Waals surface area contributed by atoms with Crippen molar-refractivity contribution in [2.24, 2.45) is 11.7 Å². The third kappa shape index (κ3) is 9.22. The number of fused-ring (bicyclic) bond motifs is 6. The van der Waals surface area contributed by atoms with Gasteiger partial charge in [0.2, 0.25) is 24.5 Å². The number of esters is 1. The first-order chi connectivity index (χ1) is 28.3. The number of carbonyl (C=O) groups excluding carboxylic acids is 4. The molecule has 59 heavy (non-hydrogen) atoms. The summed E-state index contributed by atoms with van der Waals surface area (Å²) in [5.74, 6) is -1.08. The maximum Gasteiger partial charge on any atom is 0.343 e. The number of rotatable bonds is 20. The van der Waals surface area contributed by atoms with Crippen LogP contribution in [0.3, 0.4) is 0 Å². The normalized spacial score (nSPS) is 17.3. The number of aliphatic hydroxyl groups is 1. The van der Waals surface area contributed by atoms with Crippen molar-refractivity contribution in [2.75, 3.05) is 46.3 Å². The van der Waals surface area contributed by atoms with Crippen LogP contribution in [0.2, 0.25) is 0 Å². The number of nitrogens with zero attached hydrogens (tertiary/aromatic N) is 3. The first kappa shape index (κ1) is 43.5. The number of nitrogens with two attached hydrogens (primary N) is 1. The van der Waals surface area contributed by atoms with Gasteiger partial charge in [-0.3, -0.25) is 19.2 Å². The second-order valence-corrected chi connectivity index (χ2v) is 15.6. The molecule has 1 aromatic carbocycles. The number of benzene rings is 1. The number of hydrogen-bond donors (Lipinski definition) is 5. The lowest BCUT2D eigenvalue weighted by molar-refractivity contribution is -0.172. The monoisotopic (exact) mass is 819 g/mol. The van der Waals surface area contributed by atoms with Gasteiger partial charge in [0.25, 0.3) is 5.56 Å². The number of ether oxygens (including phenoxy) is 4. The smallest absolute Gasteiger partial charge is 0.343 e. The largest absolute Gasteiger partial charge is 0.458 e. The van der Waals surface area contributed by atoms with Crippen molar-refractivity contribution in [3.63, 3.8) is 0 Å². The summed E-state index contributed by atoms with van der Waals surface area (Å²) in [6.45, 7) is 12.3. The van der Waals surface area contributed by atoms with Gasteiger partial charge in [-0.1, -0.05) is 34.6 Å². The highest BCUT2D eigenvalue weighted by Crippen LogP contribution is 2.43. The molecule has 3 amide bonds. The molecule has 3 aliphatic rings. The molecule has 17 heteroatoms. The minimum absolute atomic E-state index is 0.0371. The summed E-state index contributed by atoms with van der Waals surface area (Å²) < 4.78 is 23.9. The van der Waals surface area contributed by atoms with Crippen molar-refractivity contribution in [3.05, 3.63) is 50.8 Å². The Hall–Kier alpha value is -5.10.